The van der Waals surface area contributed by atoms with Crippen molar-refractivity contribution in [2.24, 2.45) is 10.4 Å². The molecule has 2 saturated heterocycles. The summed E-state index contributed by atoms with van der Waals surface area (Å²) in [7, 11) is 1.84. The highest BCUT2D eigenvalue weighted by Gasteiger charge is 2.32. The van der Waals surface area contributed by atoms with E-state index in [4.69, 9.17) is 4.74 Å². The molecule has 2 fully saturated rings. The highest BCUT2D eigenvalue weighted by molar-refractivity contribution is 14.0. The maximum atomic E-state index is 6.01. The number of guanidine groups is 1. The van der Waals surface area contributed by atoms with E-state index in [1.807, 2.05) is 7.05 Å². The van der Waals surface area contributed by atoms with Crippen LogP contribution in [0, 0.1) is 5.41 Å². The first-order valence-corrected chi connectivity index (χ1v) is 9.84. The molecule has 25 heavy (non-hydrogen) atoms. The van der Waals surface area contributed by atoms with Crippen LogP contribution in [0.1, 0.15) is 59.3 Å². The molecule has 0 spiro atoms. The van der Waals surface area contributed by atoms with Crippen molar-refractivity contribution in [2.75, 3.05) is 39.8 Å². The molecular formula is C19H39IN4O. The van der Waals surface area contributed by atoms with Crippen LogP contribution in [0.15, 0.2) is 4.99 Å². The van der Waals surface area contributed by atoms with Gasteiger partial charge in [0.25, 0.3) is 0 Å². The number of unbranched alkanes of at least 4 members (excludes halogenated alkanes) is 2. The van der Waals surface area contributed by atoms with Gasteiger partial charge in [0.1, 0.15) is 0 Å². The second-order valence-electron chi connectivity index (χ2n) is 8.17. The van der Waals surface area contributed by atoms with Crippen LogP contribution in [0.3, 0.4) is 0 Å². The zero-order chi connectivity index (χ0) is 17.4. The number of hydrogen-bond acceptors (Lipinski definition) is 3. The minimum Gasteiger partial charge on any atom is -0.373 e. The summed E-state index contributed by atoms with van der Waals surface area (Å²) in [6, 6.07) is 0.669. The van der Waals surface area contributed by atoms with Crippen LogP contribution in [-0.4, -0.2) is 62.8 Å². The van der Waals surface area contributed by atoms with Gasteiger partial charge in [-0.15, -0.1) is 24.0 Å². The van der Waals surface area contributed by atoms with Gasteiger partial charge in [-0.05, 0) is 31.2 Å². The van der Waals surface area contributed by atoms with Crippen molar-refractivity contribution in [3.05, 3.63) is 0 Å². The molecule has 2 rings (SSSR count). The lowest BCUT2D eigenvalue weighted by Gasteiger charge is -2.35. The summed E-state index contributed by atoms with van der Waals surface area (Å²) in [5, 5.41) is 6.94. The topological polar surface area (TPSA) is 48.9 Å². The monoisotopic (exact) mass is 466 g/mol. The lowest BCUT2D eigenvalue weighted by molar-refractivity contribution is -0.0453. The third-order valence-electron chi connectivity index (χ3n) is 5.37. The summed E-state index contributed by atoms with van der Waals surface area (Å²) in [6.07, 6.45) is 8.08. The van der Waals surface area contributed by atoms with Crippen LogP contribution in [0.5, 0.6) is 0 Å². The maximum Gasteiger partial charge on any atom is 0.191 e. The van der Waals surface area contributed by atoms with Gasteiger partial charge >= 0.3 is 0 Å². The summed E-state index contributed by atoms with van der Waals surface area (Å²) >= 11 is 0. The molecule has 0 aromatic rings. The van der Waals surface area contributed by atoms with Gasteiger partial charge in [-0.25, -0.2) is 0 Å². The van der Waals surface area contributed by atoms with Crippen LogP contribution in [0.4, 0.5) is 0 Å². The van der Waals surface area contributed by atoms with E-state index in [9.17, 15) is 0 Å². The molecule has 2 unspecified atom stereocenters. The third-order valence-corrected chi connectivity index (χ3v) is 5.37. The van der Waals surface area contributed by atoms with E-state index >= 15 is 0 Å². The van der Waals surface area contributed by atoms with Gasteiger partial charge in [-0.1, -0.05) is 40.0 Å². The van der Waals surface area contributed by atoms with E-state index in [-0.39, 0.29) is 30.1 Å². The third kappa shape index (κ3) is 7.99. The number of ether oxygens (including phenoxy) is 1. The minimum absolute atomic E-state index is 0. The van der Waals surface area contributed by atoms with Gasteiger partial charge in [-0.3, -0.25) is 9.89 Å². The Labute approximate surface area is 171 Å². The standard InChI is InChI=1S/C19H38N4O.HI/c1-5-6-7-10-19(2,3)15-22-18(20-4)21-12-17-13-23-11-8-9-16(23)14-24-17;/h16-17H,5-15H2,1-4H3,(H2,20,21,22);1H. The second kappa shape index (κ2) is 11.6. The van der Waals surface area contributed by atoms with Crippen LogP contribution in [0.25, 0.3) is 0 Å². The largest absolute Gasteiger partial charge is 0.373 e. The summed E-state index contributed by atoms with van der Waals surface area (Å²) in [4.78, 5) is 6.95. The van der Waals surface area contributed by atoms with Gasteiger partial charge in [0.2, 0.25) is 0 Å². The predicted octanol–water partition coefficient (Wildman–Crippen LogP) is 3.24. The molecule has 6 heteroatoms. The van der Waals surface area contributed by atoms with E-state index in [2.05, 4.69) is 41.3 Å². The predicted molar refractivity (Wildman–Crippen MR) is 117 cm³/mol. The first-order valence-electron chi connectivity index (χ1n) is 9.84. The van der Waals surface area contributed by atoms with Gasteiger partial charge in [-0.2, -0.15) is 0 Å². The van der Waals surface area contributed by atoms with Crippen molar-refractivity contribution < 1.29 is 4.74 Å². The van der Waals surface area contributed by atoms with Crippen molar-refractivity contribution in [1.82, 2.24) is 15.5 Å². The van der Waals surface area contributed by atoms with E-state index in [0.717, 1.165) is 32.2 Å². The van der Waals surface area contributed by atoms with Crippen molar-refractivity contribution >= 4 is 29.9 Å². The van der Waals surface area contributed by atoms with E-state index in [1.54, 1.807) is 0 Å². The first-order chi connectivity index (χ1) is 11.5. The number of nitrogens with one attached hydrogen (secondary N) is 2. The Kier molecular flexibility index (Phi) is 10.6. The Morgan fingerprint density at radius 3 is 2.80 bits per heavy atom. The van der Waals surface area contributed by atoms with Crippen LogP contribution >= 0.6 is 24.0 Å². The number of rotatable bonds is 8. The summed E-state index contributed by atoms with van der Waals surface area (Å²) in [5.41, 5.74) is 0.302. The van der Waals surface area contributed by atoms with Crippen molar-refractivity contribution in [3.63, 3.8) is 0 Å². The summed E-state index contributed by atoms with van der Waals surface area (Å²) < 4.78 is 6.01. The molecule has 2 aliphatic heterocycles. The van der Waals surface area contributed by atoms with Gasteiger partial charge in [0.15, 0.2) is 5.96 Å². The number of hydrogen-bond donors (Lipinski definition) is 2. The smallest absolute Gasteiger partial charge is 0.191 e. The molecule has 0 saturated carbocycles. The fourth-order valence-corrected chi connectivity index (χ4v) is 3.71. The Bertz CT molecular complexity index is 403. The average Bonchev–Trinajstić information content (AvgIpc) is 3.03. The van der Waals surface area contributed by atoms with Crippen LogP contribution in [0.2, 0.25) is 0 Å². The molecular weight excluding hydrogens is 427 g/mol. The molecule has 0 aromatic carbocycles. The summed E-state index contributed by atoms with van der Waals surface area (Å²) in [6.45, 7) is 11.9. The summed E-state index contributed by atoms with van der Waals surface area (Å²) in [5.74, 6) is 0.894. The van der Waals surface area contributed by atoms with Crippen LogP contribution in [-0.2, 0) is 4.74 Å². The maximum absolute atomic E-state index is 6.01. The quantitative estimate of drug-likeness (QED) is 0.250. The molecule has 2 heterocycles. The number of halogens is 1. The fraction of sp³-hybridized carbons (Fsp3) is 0.947. The van der Waals surface area contributed by atoms with E-state index < -0.39 is 0 Å². The molecule has 2 N–H and O–H groups in total. The molecule has 148 valence electrons. The van der Waals surface area contributed by atoms with Gasteiger partial charge in [0.05, 0.1) is 12.7 Å². The zero-order valence-corrected chi connectivity index (χ0v) is 19.0. The molecule has 0 bridgehead atoms. The molecule has 0 amide bonds. The molecule has 0 aliphatic carbocycles. The van der Waals surface area contributed by atoms with Crippen molar-refractivity contribution in [1.29, 1.82) is 0 Å². The molecule has 5 nitrogen and oxygen atoms in total. The molecule has 2 atom stereocenters. The molecule has 0 radical (unpaired) electrons. The second-order valence-corrected chi connectivity index (χ2v) is 8.17. The van der Waals surface area contributed by atoms with Gasteiger partial charge < -0.3 is 15.4 Å². The first kappa shape index (κ1) is 23.0. The fourth-order valence-electron chi connectivity index (χ4n) is 3.71. The number of aliphatic imine (C=N–C) groups is 1. The Morgan fingerprint density at radius 2 is 2.08 bits per heavy atom. The van der Waals surface area contributed by atoms with E-state index in [0.29, 0.717) is 11.5 Å². The number of morpholine rings is 1. The average molecular weight is 466 g/mol. The number of nitrogens with zero attached hydrogens (tertiary/aromatic N) is 2. The Morgan fingerprint density at radius 1 is 1.28 bits per heavy atom. The highest BCUT2D eigenvalue weighted by atomic mass is 127. The normalized spacial score (nSPS) is 24.6. The number of fused-ring (bicyclic) bond motifs is 1. The highest BCUT2D eigenvalue weighted by Crippen LogP contribution is 2.23. The Balaban J connectivity index is 0.00000312. The van der Waals surface area contributed by atoms with Gasteiger partial charge in [0, 0.05) is 32.7 Å². The van der Waals surface area contributed by atoms with Crippen molar-refractivity contribution in [2.45, 2.75) is 71.4 Å². The van der Waals surface area contributed by atoms with E-state index in [1.165, 1.54) is 45.1 Å². The molecule has 2 aliphatic rings. The van der Waals surface area contributed by atoms with Crippen molar-refractivity contribution in [3.8, 4) is 0 Å². The lowest BCUT2D eigenvalue weighted by Crippen LogP contribution is -2.52. The minimum atomic E-state index is 0. The lowest BCUT2D eigenvalue weighted by atomic mass is 9.87. The van der Waals surface area contributed by atoms with Crippen LogP contribution < -0.4 is 10.6 Å². The Hall–Kier alpha value is -0.0800. The molecule has 0 aromatic heterocycles. The zero-order valence-electron chi connectivity index (χ0n) is 16.6. The SMILES string of the molecule is CCCCCC(C)(C)CNC(=NC)NCC1CN2CCCC2CO1.I.